The zero-order valence-electron chi connectivity index (χ0n) is 11.0. The lowest BCUT2D eigenvalue weighted by atomic mass is 10.2. The number of nitrogens with two attached hydrogens (primary N) is 1. The molecular weight excluding hydrogens is 280 g/mol. The van der Waals surface area contributed by atoms with Crippen LogP contribution in [0.3, 0.4) is 0 Å². The number of hydrogen-bond donors (Lipinski definition) is 1. The van der Waals surface area contributed by atoms with E-state index in [0.29, 0.717) is 23.6 Å². The van der Waals surface area contributed by atoms with Gasteiger partial charge in [0.15, 0.2) is 0 Å². The Hall–Kier alpha value is -1.75. The number of hydrogen-bond acceptors (Lipinski definition) is 3. The van der Waals surface area contributed by atoms with Gasteiger partial charge in [0, 0.05) is 22.4 Å². The van der Waals surface area contributed by atoms with Crippen molar-refractivity contribution in [2.24, 2.45) is 0 Å². The van der Waals surface area contributed by atoms with E-state index in [1.165, 1.54) is 23.9 Å². The second-order valence-corrected chi connectivity index (χ2v) is 5.17. The molecule has 5 heteroatoms. The Morgan fingerprint density at radius 1 is 1.15 bits per heavy atom. The van der Waals surface area contributed by atoms with Gasteiger partial charge in [-0.2, -0.15) is 0 Å². The van der Waals surface area contributed by atoms with Gasteiger partial charge in [0.2, 0.25) is 0 Å². The van der Waals surface area contributed by atoms with Crippen LogP contribution < -0.4 is 10.5 Å². The van der Waals surface area contributed by atoms with E-state index < -0.39 is 11.6 Å². The second-order valence-electron chi connectivity index (χ2n) is 4.16. The van der Waals surface area contributed by atoms with E-state index in [0.717, 1.165) is 16.7 Å². The van der Waals surface area contributed by atoms with Gasteiger partial charge < -0.3 is 10.5 Å². The second kappa shape index (κ2) is 6.61. The minimum absolute atomic E-state index is 0.381. The molecule has 2 aromatic carbocycles. The Bertz CT molecular complexity index is 604. The fourth-order valence-electron chi connectivity index (χ4n) is 1.69. The molecule has 2 aromatic rings. The van der Waals surface area contributed by atoms with Crippen molar-refractivity contribution < 1.29 is 13.5 Å². The van der Waals surface area contributed by atoms with Crippen molar-refractivity contribution in [3.63, 3.8) is 0 Å². The molecular formula is C15H15F2NOS. The standard InChI is InChI=1S/C15H15F2NOS/c1-2-19-12-5-6-14(18)15(8-12)20-9-10-3-4-11(16)7-13(10)17/h3-8H,2,9,18H2,1H3. The summed E-state index contributed by atoms with van der Waals surface area (Å²) in [6.07, 6.45) is 0. The summed E-state index contributed by atoms with van der Waals surface area (Å²) < 4.78 is 31.8. The molecule has 0 spiro atoms. The van der Waals surface area contributed by atoms with Crippen LogP contribution in [0.25, 0.3) is 0 Å². The summed E-state index contributed by atoms with van der Waals surface area (Å²) in [5.41, 5.74) is 6.94. The molecule has 0 saturated heterocycles. The van der Waals surface area contributed by atoms with Crippen LogP contribution in [0.4, 0.5) is 14.5 Å². The molecule has 0 fully saturated rings. The number of halogens is 2. The maximum Gasteiger partial charge on any atom is 0.130 e. The van der Waals surface area contributed by atoms with E-state index in [9.17, 15) is 8.78 Å². The lowest BCUT2D eigenvalue weighted by Crippen LogP contribution is -1.95. The van der Waals surface area contributed by atoms with Crippen molar-refractivity contribution in [2.75, 3.05) is 12.3 Å². The van der Waals surface area contributed by atoms with Crippen LogP contribution in [0.2, 0.25) is 0 Å². The molecule has 0 aromatic heterocycles. The fraction of sp³-hybridized carbons (Fsp3) is 0.200. The number of nitrogen functional groups attached to an aromatic ring is 1. The van der Waals surface area contributed by atoms with E-state index in [-0.39, 0.29) is 0 Å². The Morgan fingerprint density at radius 2 is 1.95 bits per heavy atom. The third kappa shape index (κ3) is 3.63. The van der Waals surface area contributed by atoms with Crippen molar-refractivity contribution in [1.29, 1.82) is 0 Å². The lowest BCUT2D eigenvalue weighted by molar-refractivity contribution is 0.339. The lowest BCUT2D eigenvalue weighted by Gasteiger charge is -2.09. The smallest absolute Gasteiger partial charge is 0.130 e. The van der Waals surface area contributed by atoms with Crippen LogP contribution in [0.5, 0.6) is 5.75 Å². The summed E-state index contributed by atoms with van der Waals surface area (Å²) in [5, 5.41) is 0. The number of ether oxygens (including phenoxy) is 1. The summed E-state index contributed by atoms with van der Waals surface area (Å²) in [7, 11) is 0. The van der Waals surface area contributed by atoms with Crippen molar-refractivity contribution in [3.8, 4) is 5.75 Å². The summed E-state index contributed by atoms with van der Waals surface area (Å²) in [6.45, 7) is 2.47. The first kappa shape index (κ1) is 14.7. The van der Waals surface area contributed by atoms with E-state index in [1.54, 1.807) is 12.1 Å². The Morgan fingerprint density at radius 3 is 2.65 bits per heavy atom. The molecule has 0 atom stereocenters. The molecule has 0 heterocycles. The van der Waals surface area contributed by atoms with Crippen LogP contribution in [0, 0.1) is 11.6 Å². The van der Waals surface area contributed by atoms with Crippen LogP contribution in [-0.2, 0) is 5.75 Å². The third-order valence-corrected chi connectivity index (χ3v) is 3.81. The molecule has 2 nitrogen and oxygen atoms in total. The van der Waals surface area contributed by atoms with E-state index in [2.05, 4.69) is 0 Å². The van der Waals surface area contributed by atoms with Gasteiger partial charge >= 0.3 is 0 Å². The summed E-state index contributed by atoms with van der Waals surface area (Å²) in [5.74, 6) is -0.0127. The molecule has 2 rings (SSSR count). The molecule has 0 radical (unpaired) electrons. The van der Waals surface area contributed by atoms with Gasteiger partial charge in [0.05, 0.1) is 6.61 Å². The molecule has 0 amide bonds. The molecule has 0 saturated carbocycles. The molecule has 0 aliphatic heterocycles. The van der Waals surface area contributed by atoms with Gasteiger partial charge in [0.25, 0.3) is 0 Å². The number of anilines is 1. The Balaban J connectivity index is 2.11. The molecule has 20 heavy (non-hydrogen) atoms. The predicted molar refractivity (Wildman–Crippen MR) is 77.9 cm³/mol. The highest BCUT2D eigenvalue weighted by Gasteiger charge is 2.07. The van der Waals surface area contributed by atoms with Crippen LogP contribution in [0.1, 0.15) is 12.5 Å². The summed E-state index contributed by atoms with van der Waals surface area (Å²) in [6, 6.07) is 8.95. The zero-order chi connectivity index (χ0) is 14.5. The Labute approximate surface area is 120 Å². The molecule has 0 unspecified atom stereocenters. The quantitative estimate of drug-likeness (QED) is 0.662. The van der Waals surface area contributed by atoms with E-state index in [1.807, 2.05) is 13.0 Å². The van der Waals surface area contributed by atoms with Gasteiger partial charge in [-0.25, -0.2) is 8.78 Å². The number of rotatable bonds is 5. The minimum Gasteiger partial charge on any atom is -0.494 e. The van der Waals surface area contributed by atoms with Crippen LogP contribution in [-0.4, -0.2) is 6.61 Å². The van der Waals surface area contributed by atoms with Gasteiger partial charge in [-0.1, -0.05) is 6.07 Å². The monoisotopic (exact) mass is 295 g/mol. The highest BCUT2D eigenvalue weighted by molar-refractivity contribution is 7.98. The fourth-order valence-corrected chi connectivity index (χ4v) is 2.67. The average Bonchev–Trinajstić information content (AvgIpc) is 2.41. The summed E-state index contributed by atoms with van der Waals surface area (Å²) >= 11 is 1.39. The first-order valence-electron chi connectivity index (χ1n) is 6.19. The Kier molecular flexibility index (Phi) is 4.84. The maximum absolute atomic E-state index is 13.5. The normalized spacial score (nSPS) is 10.6. The number of thioether (sulfide) groups is 1. The number of benzene rings is 2. The molecule has 0 aliphatic rings. The predicted octanol–water partition coefficient (Wildman–Crippen LogP) is 4.24. The largest absolute Gasteiger partial charge is 0.494 e. The van der Waals surface area contributed by atoms with Gasteiger partial charge in [-0.3, -0.25) is 0 Å². The summed E-state index contributed by atoms with van der Waals surface area (Å²) in [4.78, 5) is 0.819. The molecule has 2 N–H and O–H groups in total. The highest BCUT2D eigenvalue weighted by atomic mass is 32.2. The molecule has 106 valence electrons. The van der Waals surface area contributed by atoms with E-state index >= 15 is 0 Å². The SMILES string of the molecule is CCOc1ccc(N)c(SCc2ccc(F)cc2F)c1. The van der Waals surface area contributed by atoms with Gasteiger partial charge in [0.1, 0.15) is 17.4 Å². The third-order valence-electron chi connectivity index (χ3n) is 2.69. The van der Waals surface area contributed by atoms with Crippen LogP contribution >= 0.6 is 11.8 Å². The molecule has 0 bridgehead atoms. The van der Waals surface area contributed by atoms with Gasteiger partial charge in [-0.05, 0) is 36.8 Å². The highest BCUT2D eigenvalue weighted by Crippen LogP contribution is 2.32. The maximum atomic E-state index is 13.5. The first-order valence-corrected chi connectivity index (χ1v) is 7.17. The minimum atomic E-state index is -0.575. The first-order chi connectivity index (χ1) is 9.60. The molecule has 0 aliphatic carbocycles. The van der Waals surface area contributed by atoms with Crippen LogP contribution in [0.15, 0.2) is 41.3 Å². The van der Waals surface area contributed by atoms with Crippen molar-refractivity contribution in [3.05, 3.63) is 53.6 Å². The average molecular weight is 295 g/mol. The topological polar surface area (TPSA) is 35.2 Å². The van der Waals surface area contributed by atoms with Crippen molar-refractivity contribution in [1.82, 2.24) is 0 Å². The zero-order valence-corrected chi connectivity index (χ0v) is 11.8. The van der Waals surface area contributed by atoms with Crippen molar-refractivity contribution in [2.45, 2.75) is 17.6 Å². The van der Waals surface area contributed by atoms with E-state index in [4.69, 9.17) is 10.5 Å². The van der Waals surface area contributed by atoms with Gasteiger partial charge in [-0.15, -0.1) is 11.8 Å². The van der Waals surface area contributed by atoms with Crippen molar-refractivity contribution >= 4 is 17.4 Å².